The van der Waals surface area contributed by atoms with Gasteiger partial charge in [0.15, 0.2) is 5.54 Å². The molecule has 4 nitrogen and oxygen atoms in total. The fraction of sp³-hybridized carbons (Fsp3) is 0.647. The number of carboxylic acids is 1. The van der Waals surface area contributed by atoms with Gasteiger partial charge >= 0.3 is 5.97 Å². The molecule has 2 unspecified atom stereocenters. The minimum Gasteiger partial charge on any atom is -0.480 e. The number of rotatable bonds is 11. The summed E-state index contributed by atoms with van der Waals surface area (Å²) >= 11 is 1.29. The molecule has 5 heteroatoms. The largest absolute Gasteiger partial charge is 0.480 e. The highest BCUT2D eigenvalue weighted by atomic mass is 32.1. The molecule has 0 radical (unpaired) electrons. The van der Waals surface area contributed by atoms with E-state index in [1.807, 2.05) is 0 Å². The third-order valence-corrected chi connectivity index (χ3v) is 5.26. The number of carbonyl (C=O) groups is 2. The van der Waals surface area contributed by atoms with Crippen molar-refractivity contribution in [3.8, 4) is 0 Å². The molecule has 0 aliphatic rings. The van der Waals surface area contributed by atoms with Crippen LogP contribution in [0.5, 0.6) is 0 Å². The first-order chi connectivity index (χ1) is 10.5. The molecular weight excluding hydrogens is 298 g/mol. The van der Waals surface area contributed by atoms with E-state index in [-0.39, 0.29) is 5.78 Å². The number of Topliss-reactive ketones (excluding diaryl/α,β-unsaturated/α-hetero) is 1. The van der Waals surface area contributed by atoms with E-state index in [1.54, 1.807) is 24.6 Å². The number of aliphatic carboxylic acids is 1. The average molecular weight is 325 g/mol. The molecule has 0 bridgehead atoms. The van der Waals surface area contributed by atoms with Gasteiger partial charge in [0.05, 0.1) is 4.88 Å². The minimum atomic E-state index is -1.51. The number of hydrogen-bond donors (Lipinski definition) is 2. The molecule has 0 fully saturated rings. The van der Waals surface area contributed by atoms with Gasteiger partial charge in [0.2, 0.25) is 5.78 Å². The van der Waals surface area contributed by atoms with Crippen LogP contribution < -0.4 is 5.32 Å². The quantitative estimate of drug-likeness (QED) is 0.477. The van der Waals surface area contributed by atoms with Gasteiger partial charge < -0.3 is 5.11 Å². The van der Waals surface area contributed by atoms with E-state index in [1.165, 1.54) is 11.3 Å². The van der Waals surface area contributed by atoms with Crippen LogP contribution in [0.1, 0.15) is 62.0 Å². The Morgan fingerprint density at radius 2 is 2.09 bits per heavy atom. The van der Waals surface area contributed by atoms with E-state index in [9.17, 15) is 14.7 Å². The second kappa shape index (κ2) is 9.06. The van der Waals surface area contributed by atoms with Crippen molar-refractivity contribution in [2.45, 2.75) is 57.9 Å². The van der Waals surface area contributed by atoms with Crippen molar-refractivity contribution < 1.29 is 14.7 Å². The molecule has 1 aromatic heterocycles. The molecule has 0 saturated carbocycles. The zero-order valence-corrected chi connectivity index (χ0v) is 14.5. The van der Waals surface area contributed by atoms with Gasteiger partial charge in [0.25, 0.3) is 0 Å². The standard InChI is InChI=1S/C17H27NO3S/c1-4-6-8-13(5-2)10-11-17(18-3,16(20)21)15(19)14-9-7-12-22-14/h7,9,12-13,18H,4-6,8,10-11H2,1-3H3,(H,20,21). The summed E-state index contributed by atoms with van der Waals surface area (Å²) in [6, 6.07) is 3.46. The molecule has 0 spiro atoms. The van der Waals surface area contributed by atoms with Gasteiger partial charge in [-0.25, -0.2) is 4.79 Å². The van der Waals surface area contributed by atoms with Gasteiger partial charge in [-0.1, -0.05) is 45.6 Å². The molecule has 22 heavy (non-hydrogen) atoms. The van der Waals surface area contributed by atoms with Crippen LogP contribution in [0.2, 0.25) is 0 Å². The number of thiophene rings is 1. The second-order valence-electron chi connectivity index (χ2n) is 5.72. The smallest absolute Gasteiger partial charge is 0.332 e. The molecule has 0 amide bonds. The maximum Gasteiger partial charge on any atom is 0.332 e. The van der Waals surface area contributed by atoms with Crippen molar-refractivity contribution in [2.24, 2.45) is 5.92 Å². The number of carbonyl (C=O) groups excluding carboxylic acids is 1. The molecule has 0 saturated heterocycles. The van der Waals surface area contributed by atoms with Crippen LogP contribution in [0.25, 0.3) is 0 Å². The Morgan fingerprint density at radius 3 is 2.55 bits per heavy atom. The number of carboxylic acid groups (broad SMARTS) is 1. The lowest BCUT2D eigenvalue weighted by Gasteiger charge is -2.29. The molecular formula is C17H27NO3S. The van der Waals surface area contributed by atoms with E-state index in [4.69, 9.17) is 0 Å². The second-order valence-corrected chi connectivity index (χ2v) is 6.67. The van der Waals surface area contributed by atoms with Crippen LogP contribution in [-0.2, 0) is 4.79 Å². The van der Waals surface area contributed by atoms with Gasteiger partial charge in [0, 0.05) is 0 Å². The zero-order chi connectivity index (χ0) is 16.6. The Kier molecular flexibility index (Phi) is 7.76. The Bertz CT molecular complexity index is 472. The zero-order valence-electron chi connectivity index (χ0n) is 13.7. The van der Waals surface area contributed by atoms with E-state index >= 15 is 0 Å². The van der Waals surface area contributed by atoms with Crippen molar-refractivity contribution in [1.29, 1.82) is 0 Å². The predicted molar refractivity (Wildman–Crippen MR) is 90.6 cm³/mol. The maximum atomic E-state index is 12.7. The highest BCUT2D eigenvalue weighted by molar-refractivity contribution is 7.12. The van der Waals surface area contributed by atoms with E-state index in [0.29, 0.717) is 17.2 Å². The van der Waals surface area contributed by atoms with Gasteiger partial charge in [-0.2, -0.15) is 0 Å². The number of ketones is 1. The summed E-state index contributed by atoms with van der Waals surface area (Å²) in [6.07, 6.45) is 5.49. The number of likely N-dealkylation sites (N-methyl/N-ethyl adjacent to an activating group) is 1. The first-order valence-corrected chi connectivity index (χ1v) is 8.90. The molecule has 0 aliphatic heterocycles. The molecule has 2 N–H and O–H groups in total. The summed E-state index contributed by atoms with van der Waals surface area (Å²) < 4.78 is 0. The van der Waals surface area contributed by atoms with Crippen molar-refractivity contribution in [2.75, 3.05) is 7.05 Å². The third kappa shape index (κ3) is 4.40. The molecule has 0 aliphatic carbocycles. The normalized spacial score (nSPS) is 15.2. The number of nitrogens with one attached hydrogen (secondary N) is 1. The summed E-state index contributed by atoms with van der Waals surface area (Å²) in [6.45, 7) is 4.28. The first kappa shape index (κ1) is 18.8. The van der Waals surface area contributed by atoms with Gasteiger partial charge in [-0.05, 0) is 37.3 Å². The van der Waals surface area contributed by atoms with Crippen molar-refractivity contribution in [1.82, 2.24) is 5.32 Å². The summed E-state index contributed by atoms with van der Waals surface area (Å²) in [5.74, 6) is -0.940. The predicted octanol–water partition coefficient (Wildman–Crippen LogP) is 3.97. The molecule has 0 aromatic carbocycles. The van der Waals surface area contributed by atoms with Crippen LogP contribution in [0, 0.1) is 5.92 Å². The Morgan fingerprint density at radius 1 is 1.36 bits per heavy atom. The Hall–Kier alpha value is -1.20. The van der Waals surface area contributed by atoms with E-state index < -0.39 is 11.5 Å². The topological polar surface area (TPSA) is 66.4 Å². The number of unbranched alkanes of at least 4 members (excludes halogenated alkanes) is 1. The lowest BCUT2D eigenvalue weighted by molar-refractivity contribution is -0.142. The molecule has 1 rings (SSSR count). The monoisotopic (exact) mass is 325 g/mol. The van der Waals surface area contributed by atoms with Crippen LogP contribution >= 0.6 is 11.3 Å². The van der Waals surface area contributed by atoms with E-state index in [2.05, 4.69) is 19.2 Å². The van der Waals surface area contributed by atoms with Gasteiger partial charge in [-0.3, -0.25) is 10.1 Å². The Balaban J connectivity index is 2.88. The van der Waals surface area contributed by atoms with Crippen molar-refractivity contribution >= 4 is 23.1 Å². The van der Waals surface area contributed by atoms with Crippen LogP contribution in [0.15, 0.2) is 17.5 Å². The molecule has 1 aromatic rings. The van der Waals surface area contributed by atoms with E-state index in [0.717, 1.165) is 32.1 Å². The lowest BCUT2D eigenvalue weighted by atomic mass is 9.83. The fourth-order valence-corrected chi connectivity index (χ4v) is 3.49. The molecule has 2 atom stereocenters. The van der Waals surface area contributed by atoms with Crippen molar-refractivity contribution in [3.63, 3.8) is 0 Å². The number of hydrogen-bond acceptors (Lipinski definition) is 4. The molecule has 124 valence electrons. The molecule has 1 heterocycles. The fourth-order valence-electron chi connectivity index (χ4n) is 2.75. The summed E-state index contributed by atoms with van der Waals surface area (Å²) in [4.78, 5) is 25.0. The summed E-state index contributed by atoms with van der Waals surface area (Å²) in [5, 5.41) is 14.3. The van der Waals surface area contributed by atoms with Crippen molar-refractivity contribution in [3.05, 3.63) is 22.4 Å². The third-order valence-electron chi connectivity index (χ3n) is 4.40. The highest BCUT2D eigenvalue weighted by Crippen LogP contribution is 2.27. The van der Waals surface area contributed by atoms with Gasteiger partial charge in [0.1, 0.15) is 0 Å². The SMILES string of the molecule is CCCCC(CC)CCC(NC)(C(=O)O)C(=O)c1cccs1. The Labute approximate surface area is 136 Å². The average Bonchev–Trinajstić information content (AvgIpc) is 3.04. The van der Waals surface area contributed by atoms with Gasteiger partial charge in [-0.15, -0.1) is 11.3 Å². The van der Waals surface area contributed by atoms with Crippen LogP contribution in [0.4, 0.5) is 0 Å². The first-order valence-electron chi connectivity index (χ1n) is 8.02. The highest BCUT2D eigenvalue weighted by Gasteiger charge is 2.45. The lowest BCUT2D eigenvalue weighted by Crippen LogP contribution is -2.56. The minimum absolute atomic E-state index is 0.331. The maximum absolute atomic E-state index is 12.7. The van der Waals surface area contributed by atoms with Crippen LogP contribution in [0.3, 0.4) is 0 Å². The summed E-state index contributed by atoms with van der Waals surface area (Å²) in [7, 11) is 1.56. The van der Waals surface area contributed by atoms with Crippen LogP contribution in [-0.4, -0.2) is 29.4 Å². The summed E-state index contributed by atoms with van der Waals surface area (Å²) in [5.41, 5.74) is -1.51.